The molecule has 4 N–H and O–H groups in total. The van der Waals surface area contributed by atoms with E-state index >= 15 is 0 Å². The van der Waals surface area contributed by atoms with Gasteiger partial charge in [-0.05, 0) is 35.7 Å². The lowest BCUT2D eigenvalue weighted by molar-refractivity contribution is -0.138. The Hall–Kier alpha value is -3.11. The van der Waals surface area contributed by atoms with Crippen LogP contribution in [0.5, 0.6) is 0 Å². The molecule has 2 atom stereocenters. The number of alkyl halides is 3. The van der Waals surface area contributed by atoms with E-state index in [9.17, 15) is 27.9 Å². The van der Waals surface area contributed by atoms with Gasteiger partial charge in [-0.3, -0.25) is 9.69 Å². The standard InChI is InChI=1S/C23H27F3N4O3/c1-29(21(32)11-15-4-2-6-17(10-15)23(24,25)26)20(14-30-9-8-19(31)13-30)16-5-3-7-18(12-16)28-22(27)33/h2-7,10,12,19-20,31H,8-9,11,13-14H2,1H3,(H3,27,28,33). The number of benzene rings is 2. The number of amides is 3. The number of likely N-dealkylation sites (tertiary alicyclic amines) is 1. The summed E-state index contributed by atoms with van der Waals surface area (Å²) in [6, 6.07) is 10.4. The molecule has 1 heterocycles. The van der Waals surface area contributed by atoms with Crippen LogP contribution in [-0.2, 0) is 17.4 Å². The molecule has 33 heavy (non-hydrogen) atoms. The van der Waals surface area contributed by atoms with E-state index in [-0.39, 0.29) is 17.9 Å². The molecule has 2 aromatic carbocycles. The number of aliphatic hydroxyl groups excluding tert-OH is 1. The fourth-order valence-electron chi connectivity index (χ4n) is 3.97. The van der Waals surface area contributed by atoms with Crippen molar-refractivity contribution in [2.75, 3.05) is 32.0 Å². The third kappa shape index (κ3) is 6.69. The topological polar surface area (TPSA) is 98.9 Å². The van der Waals surface area contributed by atoms with Gasteiger partial charge in [0.05, 0.1) is 24.1 Å². The minimum absolute atomic E-state index is 0.196. The van der Waals surface area contributed by atoms with Crippen molar-refractivity contribution in [1.82, 2.24) is 9.80 Å². The monoisotopic (exact) mass is 464 g/mol. The second-order valence-corrected chi connectivity index (χ2v) is 8.21. The molecule has 0 aromatic heterocycles. The summed E-state index contributed by atoms with van der Waals surface area (Å²) in [5.41, 5.74) is 5.85. The lowest BCUT2D eigenvalue weighted by Gasteiger charge is -2.32. The van der Waals surface area contributed by atoms with Gasteiger partial charge in [0.2, 0.25) is 5.91 Å². The number of primary amides is 1. The predicted molar refractivity (Wildman–Crippen MR) is 117 cm³/mol. The van der Waals surface area contributed by atoms with E-state index in [1.54, 1.807) is 31.3 Å². The molecule has 0 saturated carbocycles. The number of nitrogens with one attached hydrogen (secondary N) is 1. The highest BCUT2D eigenvalue weighted by molar-refractivity contribution is 5.87. The Labute approximate surface area is 190 Å². The molecule has 0 radical (unpaired) electrons. The summed E-state index contributed by atoms with van der Waals surface area (Å²) in [5.74, 6) is -0.354. The molecular formula is C23H27F3N4O3. The van der Waals surface area contributed by atoms with E-state index in [0.29, 0.717) is 31.7 Å². The van der Waals surface area contributed by atoms with Crippen LogP contribution >= 0.6 is 0 Å². The van der Waals surface area contributed by atoms with Crippen LogP contribution < -0.4 is 11.1 Å². The van der Waals surface area contributed by atoms with Crippen LogP contribution in [0.2, 0.25) is 0 Å². The van der Waals surface area contributed by atoms with Crippen molar-refractivity contribution < 1.29 is 27.9 Å². The summed E-state index contributed by atoms with van der Waals surface area (Å²) in [6.07, 6.45) is -4.51. The predicted octanol–water partition coefficient (Wildman–Crippen LogP) is 3.00. The van der Waals surface area contributed by atoms with Crippen molar-refractivity contribution in [1.29, 1.82) is 0 Å². The normalized spacial score (nSPS) is 17.5. The number of likely N-dealkylation sites (N-methyl/N-ethyl adjacent to an activating group) is 1. The number of nitrogens with two attached hydrogens (primary N) is 1. The van der Waals surface area contributed by atoms with Gasteiger partial charge in [0.1, 0.15) is 0 Å². The molecule has 0 aliphatic carbocycles. The molecule has 1 aliphatic heterocycles. The molecule has 7 nitrogen and oxygen atoms in total. The minimum Gasteiger partial charge on any atom is -0.392 e. The average Bonchev–Trinajstić information content (AvgIpc) is 3.15. The summed E-state index contributed by atoms with van der Waals surface area (Å²) < 4.78 is 39.1. The molecule has 10 heteroatoms. The minimum atomic E-state index is -4.49. The molecule has 3 amide bonds. The lowest BCUT2D eigenvalue weighted by atomic mass is 10.0. The number of carbonyl (C=O) groups is 2. The Morgan fingerprint density at radius 2 is 1.97 bits per heavy atom. The average molecular weight is 464 g/mol. The number of nitrogens with zero attached hydrogens (tertiary/aromatic N) is 2. The van der Waals surface area contributed by atoms with Crippen LogP contribution in [0.1, 0.15) is 29.2 Å². The Morgan fingerprint density at radius 3 is 2.61 bits per heavy atom. The fraction of sp³-hybridized carbons (Fsp3) is 0.391. The first-order chi connectivity index (χ1) is 15.5. The smallest absolute Gasteiger partial charge is 0.392 e. The molecule has 0 spiro atoms. The zero-order valence-corrected chi connectivity index (χ0v) is 18.2. The van der Waals surface area contributed by atoms with E-state index in [1.165, 1.54) is 17.0 Å². The number of hydrogen-bond donors (Lipinski definition) is 3. The Kier molecular flexibility index (Phi) is 7.60. The van der Waals surface area contributed by atoms with Crippen LogP contribution in [0.15, 0.2) is 48.5 Å². The van der Waals surface area contributed by atoms with Crippen molar-refractivity contribution in [3.8, 4) is 0 Å². The molecule has 2 unspecified atom stereocenters. The van der Waals surface area contributed by atoms with Gasteiger partial charge in [-0.2, -0.15) is 13.2 Å². The van der Waals surface area contributed by atoms with Crippen molar-refractivity contribution in [3.05, 3.63) is 65.2 Å². The molecular weight excluding hydrogens is 437 g/mol. The van der Waals surface area contributed by atoms with Crippen LogP contribution in [0.4, 0.5) is 23.7 Å². The summed E-state index contributed by atoms with van der Waals surface area (Å²) in [4.78, 5) is 27.8. The van der Waals surface area contributed by atoms with Crippen molar-refractivity contribution in [2.24, 2.45) is 5.73 Å². The number of aliphatic hydroxyl groups is 1. The van der Waals surface area contributed by atoms with E-state index in [1.807, 2.05) is 4.90 Å². The Morgan fingerprint density at radius 1 is 1.24 bits per heavy atom. The molecule has 0 bridgehead atoms. The summed E-state index contributed by atoms with van der Waals surface area (Å²) in [6.45, 7) is 1.54. The van der Waals surface area contributed by atoms with Gasteiger partial charge < -0.3 is 21.1 Å². The zero-order chi connectivity index (χ0) is 24.2. The van der Waals surface area contributed by atoms with Gasteiger partial charge in [0.25, 0.3) is 0 Å². The van der Waals surface area contributed by atoms with Gasteiger partial charge in [0, 0.05) is 32.4 Å². The second-order valence-electron chi connectivity index (χ2n) is 8.21. The maximum atomic E-state index is 13.1. The number of β-amino-alcohol motifs (C(OH)–C–C–N with tert-alkyl or cyclic N) is 1. The first-order valence-corrected chi connectivity index (χ1v) is 10.5. The summed E-state index contributed by atoms with van der Waals surface area (Å²) in [5, 5.41) is 12.4. The van der Waals surface area contributed by atoms with Crippen molar-refractivity contribution in [2.45, 2.75) is 31.2 Å². The maximum Gasteiger partial charge on any atom is 0.416 e. The highest BCUT2D eigenvalue weighted by Crippen LogP contribution is 2.30. The third-order valence-corrected chi connectivity index (χ3v) is 5.69. The third-order valence-electron chi connectivity index (χ3n) is 5.69. The van der Waals surface area contributed by atoms with E-state index in [4.69, 9.17) is 5.73 Å². The number of urea groups is 1. The van der Waals surface area contributed by atoms with Gasteiger partial charge >= 0.3 is 12.2 Å². The number of hydrogen-bond acceptors (Lipinski definition) is 4. The largest absolute Gasteiger partial charge is 0.416 e. The van der Waals surface area contributed by atoms with Crippen LogP contribution in [-0.4, -0.2) is 59.6 Å². The van der Waals surface area contributed by atoms with Crippen LogP contribution in [0.25, 0.3) is 0 Å². The maximum absolute atomic E-state index is 13.1. The molecule has 3 rings (SSSR count). The highest BCUT2D eigenvalue weighted by Gasteiger charge is 2.31. The quantitative estimate of drug-likeness (QED) is 0.587. The highest BCUT2D eigenvalue weighted by atomic mass is 19.4. The van der Waals surface area contributed by atoms with Crippen LogP contribution in [0.3, 0.4) is 0 Å². The number of halogens is 3. The molecule has 178 valence electrons. The van der Waals surface area contributed by atoms with Gasteiger partial charge in [-0.1, -0.05) is 30.3 Å². The fourth-order valence-corrected chi connectivity index (χ4v) is 3.97. The second kappa shape index (κ2) is 10.2. The number of rotatable bonds is 7. The first-order valence-electron chi connectivity index (χ1n) is 10.5. The van der Waals surface area contributed by atoms with Crippen molar-refractivity contribution in [3.63, 3.8) is 0 Å². The first kappa shape index (κ1) is 24.5. The number of carbonyl (C=O) groups excluding carboxylic acids is 2. The van der Waals surface area contributed by atoms with E-state index < -0.39 is 29.9 Å². The van der Waals surface area contributed by atoms with E-state index in [0.717, 1.165) is 17.7 Å². The van der Waals surface area contributed by atoms with E-state index in [2.05, 4.69) is 5.32 Å². The molecule has 1 fully saturated rings. The van der Waals surface area contributed by atoms with Gasteiger partial charge in [-0.25, -0.2) is 4.79 Å². The van der Waals surface area contributed by atoms with Gasteiger partial charge in [-0.15, -0.1) is 0 Å². The molecule has 2 aromatic rings. The van der Waals surface area contributed by atoms with Gasteiger partial charge in [0.15, 0.2) is 0 Å². The SMILES string of the molecule is CN(C(=O)Cc1cccc(C(F)(F)F)c1)C(CN1CCC(O)C1)c1cccc(NC(N)=O)c1. The summed E-state index contributed by atoms with van der Waals surface area (Å²) >= 11 is 0. The zero-order valence-electron chi connectivity index (χ0n) is 18.2. The van der Waals surface area contributed by atoms with Crippen LogP contribution in [0, 0.1) is 0 Å². The van der Waals surface area contributed by atoms with Crippen molar-refractivity contribution >= 4 is 17.6 Å². The molecule has 1 aliphatic rings. The molecule has 1 saturated heterocycles. The lowest BCUT2D eigenvalue weighted by Crippen LogP contribution is -2.39. The Balaban J connectivity index is 1.83. The number of anilines is 1. The summed E-state index contributed by atoms with van der Waals surface area (Å²) in [7, 11) is 1.60. The Bertz CT molecular complexity index is 999.